The number of hydrogen-bond donors (Lipinski definition) is 2. The Kier molecular flexibility index (Phi) is 3.82. The highest BCUT2D eigenvalue weighted by atomic mass is 16.2. The first-order valence-corrected chi connectivity index (χ1v) is 5.62. The van der Waals surface area contributed by atoms with Crippen molar-refractivity contribution in [1.29, 1.82) is 0 Å². The predicted molar refractivity (Wildman–Crippen MR) is 59.5 cm³/mol. The van der Waals surface area contributed by atoms with Crippen LogP contribution in [-0.2, 0) is 11.3 Å². The van der Waals surface area contributed by atoms with E-state index in [2.05, 4.69) is 20.6 Å². The highest BCUT2D eigenvalue weighted by molar-refractivity contribution is 5.81. The topological polar surface area (TPSA) is 66.9 Å². The second-order valence-electron chi connectivity index (χ2n) is 3.92. The number of carbonyl (C=O) groups is 1. The SMILES string of the molecule is O=C(NCc1ccncn1)[C@@H]1CCCCN1. The molecule has 1 aliphatic heterocycles. The lowest BCUT2D eigenvalue weighted by Crippen LogP contribution is -2.46. The molecule has 0 bridgehead atoms. The lowest BCUT2D eigenvalue weighted by molar-refractivity contribution is -0.123. The molecule has 16 heavy (non-hydrogen) atoms. The second kappa shape index (κ2) is 5.55. The summed E-state index contributed by atoms with van der Waals surface area (Å²) in [4.78, 5) is 19.6. The number of hydrogen-bond acceptors (Lipinski definition) is 4. The third kappa shape index (κ3) is 3.00. The molecule has 0 radical (unpaired) electrons. The number of amides is 1. The molecule has 0 saturated carbocycles. The quantitative estimate of drug-likeness (QED) is 0.765. The van der Waals surface area contributed by atoms with Crippen LogP contribution < -0.4 is 10.6 Å². The minimum Gasteiger partial charge on any atom is -0.349 e. The summed E-state index contributed by atoms with van der Waals surface area (Å²) in [5, 5.41) is 6.09. The number of carbonyl (C=O) groups excluding carboxylic acids is 1. The van der Waals surface area contributed by atoms with Crippen molar-refractivity contribution in [2.75, 3.05) is 6.54 Å². The number of nitrogens with zero attached hydrogens (tertiary/aromatic N) is 2. The van der Waals surface area contributed by atoms with Gasteiger partial charge in [0, 0.05) is 6.20 Å². The minimum atomic E-state index is -0.0319. The molecule has 1 atom stereocenters. The van der Waals surface area contributed by atoms with Crippen LogP contribution in [0, 0.1) is 0 Å². The van der Waals surface area contributed by atoms with E-state index in [0.717, 1.165) is 31.5 Å². The highest BCUT2D eigenvalue weighted by Gasteiger charge is 2.19. The van der Waals surface area contributed by atoms with Gasteiger partial charge in [0.1, 0.15) is 6.33 Å². The van der Waals surface area contributed by atoms with E-state index in [0.29, 0.717) is 6.54 Å². The monoisotopic (exact) mass is 220 g/mol. The summed E-state index contributed by atoms with van der Waals surface area (Å²) in [5.41, 5.74) is 0.833. The van der Waals surface area contributed by atoms with Crippen LogP contribution in [-0.4, -0.2) is 28.5 Å². The molecule has 1 aromatic rings. The van der Waals surface area contributed by atoms with E-state index < -0.39 is 0 Å². The normalized spacial score (nSPS) is 20.4. The molecule has 0 spiro atoms. The Hall–Kier alpha value is -1.49. The highest BCUT2D eigenvalue weighted by Crippen LogP contribution is 2.06. The van der Waals surface area contributed by atoms with Crippen molar-refractivity contribution < 1.29 is 4.79 Å². The van der Waals surface area contributed by atoms with Crippen LogP contribution in [0.4, 0.5) is 0 Å². The fourth-order valence-electron chi connectivity index (χ4n) is 1.80. The molecule has 2 N–H and O–H groups in total. The van der Waals surface area contributed by atoms with Crippen LogP contribution in [0.1, 0.15) is 25.0 Å². The molecule has 5 nitrogen and oxygen atoms in total. The fraction of sp³-hybridized carbons (Fsp3) is 0.545. The predicted octanol–water partition coefficient (Wildman–Crippen LogP) is 0.235. The molecule has 1 aromatic heterocycles. The van der Waals surface area contributed by atoms with Gasteiger partial charge in [-0.1, -0.05) is 6.42 Å². The van der Waals surface area contributed by atoms with E-state index in [1.807, 2.05) is 0 Å². The third-order valence-corrected chi connectivity index (χ3v) is 2.71. The summed E-state index contributed by atoms with van der Waals surface area (Å²) in [6.45, 7) is 1.41. The zero-order valence-electron chi connectivity index (χ0n) is 9.15. The van der Waals surface area contributed by atoms with Gasteiger partial charge in [-0.3, -0.25) is 4.79 Å². The van der Waals surface area contributed by atoms with Crippen molar-refractivity contribution in [3.05, 3.63) is 24.3 Å². The summed E-state index contributed by atoms with van der Waals surface area (Å²) >= 11 is 0. The molecule has 1 amide bonds. The Morgan fingerprint density at radius 2 is 2.50 bits per heavy atom. The Balaban J connectivity index is 1.79. The van der Waals surface area contributed by atoms with Crippen molar-refractivity contribution in [2.24, 2.45) is 0 Å². The zero-order chi connectivity index (χ0) is 11.2. The van der Waals surface area contributed by atoms with Gasteiger partial charge in [-0.25, -0.2) is 9.97 Å². The van der Waals surface area contributed by atoms with Crippen LogP contribution in [0.3, 0.4) is 0 Å². The van der Waals surface area contributed by atoms with Gasteiger partial charge in [0.15, 0.2) is 0 Å². The van der Waals surface area contributed by atoms with Crippen LogP contribution in [0.25, 0.3) is 0 Å². The van der Waals surface area contributed by atoms with Gasteiger partial charge in [0.25, 0.3) is 0 Å². The summed E-state index contributed by atoms with van der Waals surface area (Å²) in [5.74, 6) is 0.0679. The first-order chi connectivity index (χ1) is 7.86. The Morgan fingerprint density at radius 3 is 3.19 bits per heavy atom. The molecule has 0 aromatic carbocycles. The van der Waals surface area contributed by atoms with Gasteiger partial charge >= 0.3 is 0 Å². The van der Waals surface area contributed by atoms with Gasteiger partial charge in [0.05, 0.1) is 18.3 Å². The lowest BCUT2D eigenvalue weighted by atomic mass is 10.0. The van der Waals surface area contributed by atoms with Gasteiger partial charge < -0.3 is 10.6 Å². The van der Waals surface area contributed by atoms with E-state index in [1.54, 1.807) is 12.3 Å². The van der Waals surface area contributed by atoms with Gasteiger partial charge in [-0.15, -0.1) is 0 Å². The smallest absolute Gasteiger partial charge is 0.237 e. The molecule has 5 heteroatoms. The summed E-state index contributed by atoms with van der Waals surface area (Å²) in [6.07, 6.45) is 6.37. The van der Waals surface area contributed by atoms with E-state index in [9.17, 15) is 4.79 Å². The van der Waals surface area contributed by atoms with Crippen molar-refractivity contribution in [3.8, 4) is 0 Å². The molecular formula is C11H16N4O. The third-order valence-electron chi connectivity index (χ3n) is 2.71. The number of nitrogens with one attached hydrogen (secondary N) is 2. The second-order valence-corrected chi connectivity index (χ2v) is 3.92. The summed E-state index contributed by atoms with van der Waals surface area (Å²) < 4.78 is 0. The van der Waals surface area contributed by atoms with E-state index in [4.69, 9.17) is 0 Å². The maximum atomic E-state index is 11.8. The largest absolute Gasteiger partial charge is 0.349 e. The molecule has 0 unspecified atom stereocenters. The summed E-state index contributed by atoms with van der Waals surface area (Å²) in [6, 6.07) is 1.77. The van der Waals surface area contributed by atoms with Gasteiger partial charge in [-0.2, -0.15) is 0 Å². The molecule has 86 valence electrons. The maximum Gasteiger partial charge on any atom is 0.237 e. The van der Waals surface area contributed by atoms with Crippen LogP contribution >= 0.6 is 0 Å². The molecule has 0 aliphatic carbocycles. The van der Waals surface area contributed by atoms with Gasteiger partial charge in [0.2, 0.25) is 5.91 Å². The molecule has 2 heterocycles. The molecule has 1 aliphatic rings. The van der Waals surface area contributed by atoms with Crippen molar-refractivity contribution >= 4 is 5.91 Å². The fourth-order valence-corrected chi connectivity index (χ4v) is 1.80. The van der Waals surface area contributed by atoms with Crippen molar-refractivity contribution in [3.63, 3.8) is 0 Å². The Labute approximate surface area is 94.7 Å². The average Bonchev–Trinajstić information content (AvgIpc) is 2.38. The number of aromatic nitrogens is 2. The standard InChI is InChI=1S/C11H16N4O/c16-11(10-3-1-2-5-13-10)14-7-9-4-6-12-8-15-9/h4,6,8,10,13H,1-3,5,7H2,(H,14,16)/t10-/m0/s1. The number of piperidine rings is 1. The molecule has 1 fully saturated rings. The Morgan fingerprint density at radius 1 is 1.56 bits per heavy atom. The maximum absolute atomic E-state index is 11.8. The van der Waals surface area contributed by atoms with E-state index in [1.165, 1.54) is 6.33 Å². The molecule has 1 saturated heterocycles. The van der Waals surface area contributed by atoms with Gasteiger partial charge in [-0.05, 0) is 25.5 Å². The zero-order valence-corrected chi connectivity index (χ0v) is 9.15. The Bertz CT molecular complexity index is 335. The van der Waals surface area contributed by atoms with Crippen LogP contribution in [0.2, 0.25) is 0 Å². The minimum absolute atomic E-state index is 0.0319. The van der Waals surface area contributed by atoms with Crippen molar-refractivity contribution in [2.45, 2.75) is 31.8 Å². The van der Waals surface area contributed by atoms with Crippen LogP contribution in [0.15, 0.2) is 18.6 Å². The van der Waals surface area contributed by atoms with Crippen LogP contribution in [0.5, 0.6) is 0 Å². The molecular weight excluding hydrogens is 204 g/mol. The lowest BCUT2D eigenvalue weighted by Gasteiger charge is -2.22. The van der Waals surface area contributed by atoms with Crippen molar-refractivity contribution in [1.82, 2.24) is 20.6 Å². The average molecular weight is 220 g/mol. The first kappa shape index (κ1) is 11.0. The number of rotatable bonds is 3. The molecule has 2 rings (SSSR count). The van der Waals surface area contributed by atoms with E-state index in [-0.39, 0.29) is 11.9 Å². The first-order valence-electron chi connectivity index (χ1n) is 5.62. The summed E-state index contributed by atoms with van der Waals surface area (Å²) in [7, 11) is 0. The van der Waals surface area contributed by atoms with E-state index >= 15 is 0 Å².